The molecule has 24 heteroatoms. The van der Waals surface area contributed by atoms with Crippen LogP contribution in [0.25, 0.3) is 53.9 Å². The van der Waals surface area contributed by atoms with Crippen LogP contribution >= 0.6 is 15.9 Å². The summed E-state index contributed by atoms with van der Waals surface area (Å²) in [6.45, 7) is 4.52. The second-order valence-corrected chi connectivity index (χ2v) is 26.8. The average Bonchev–Trinajstić information content (AvgIpc) is 0.811. The summed E-state index contributed by atoms with van der Waals surface area (Å²) in [7, 11) is 1.43. The first-order valence-corrected chi connectivity index (χ1v) is 36.0. The van der Waals surface area contributed by atoms with Crippen molar-refractivity contribution in [3.63, 3.8) is 0 Å². The Morgan fingerprint density at radius 3 is 1.21 bits per heavy atom. The fourth-order valence-corrected chi connectivity index (χ4v) is 14.5. The number of fused-ring (bicyclic) bond motifs is 5. The van der Waals surface area contributed by atoms with E-state index < -0.39 is 18.0 Å². The third kappa shape index (κ3) is 18.9. The van der Waals surface area contributed by atoms with Gasteiger partial charge in [-0.05, 0) is 239 Å². The standard InChI is InChI=1S/C17H17N3O2.C16H15N3O2.C16H17N3O.C16H15N3O.C10H5BrN2.C6H11NO2/c1-22-17(21)16-4-2-3-9-20(16)13-5-6-14-12(10-13)7-8-19-15(14)11-18;17-10-14-13-5-4-12(9-11(13)6-7-18-14)19-8-2-1-3-15(19)16(20)21;2*17-10-16-15-5-4-13(9-12(15)6-7-18-16)19-8-2-1-3-14(19)11-20;11-8-1-2-9-7(5-8)3-4-13-10(9)6-12;8-6(9)5-3-1-2-4-7-5/h5-8,10,16H,2-4,9H2,1H3;4-7,9,15H,1-3,8H2,(H,20,21);4-7,9,14,20H,1-3,8,11H2;4-7,9,11,14H,1-3,8H2;1-5H;5,7H,1-4H2,(H,8,9)/t16-;15-;2*14-;;5-/m1111.1/s1. The number of nitrogens with zero attached hydrogens (tertiary/aromatic N) is 14. The number of aliphatic carboxylic acids is 2. The number of carbonyl (C=O) groups is 4. The largest absolute Gasteiger partial charge is 0.480 e. The number of halogens is 1. The van der Waals surface area contributed by atoms with E-state index in [1.54, 1.807) is 31.0 Å². The minimum Gasteiger partial charge on any atom is -0.480 e. The molecule has 534 valence electrons. The number of esters is 1. The van der Waals surface area contributed by atoms with Gasteiger partial charge in [0.15, 0.2) is 0 Å². The average molecular weight is 1470 g/mol. The van der Waals surface area contributed by atoms with Crippen molar-refractivity contribution in [3.05, 3.63) is 185 Å². The first-order valence-electron chi connectivity index (χ1n) is 35.2. The molecule has 23 nitrogen and oxygen atoms in total. The van der Waals surface area contributed by atoms with Gasteiger partial charge in [0.05, 0.1) is 25.8 Å². The molecule has 0 unspecified atom stereocenters. The smallest absolute Gasteiger partial charge is 0.328 e. The van der Waals surface area contributed by atoms with Crippen LogP contribution in [0.4, 0.5) is 22.7 Å². The van der Waals surface area contributed by atoms with Crippen LogP contribution < -0.4 is 24.9 Å². The monoisotopic (exact) mass is 1470 g/mol. The predicted octanol–water partition coefficient (Wildman–Crippen LogP) is 13.4. The number of aldehydes is 1. The molecule has 5 aliphatic heterocycles. The molecule has 5 aromatic carbocycles. The van der Waals surface area contributed by atoms with Crippen molar-refractivity contribution in [1.82, 2.24) is 30.2 Å². The van der Waals surface area contributed by atoms with Gasteiger partial charge >= 0.3 is 17.9 Å². The van der Waals surface area contributed by atoms with Gasteiger partial charge in [0.2, 0.25) is 0 Å². The number of pyridine rings is 5. The highest BCUT2D eigenvalue weighted by Gasteiger charge is 2.31. The summed E-state index contributed by atoms with van der Waals surface area (Å²) in [4.78, 5) is 73.6. The van der Waals surface area contributed by atoms with Crippen LogP contribution in [0.1, 0.15) is 125 Å². The van der Waals surface area contributed by atoms with E-state index in [1.165, 1.54) is 13.5 Å². The molecule has 4 N–H and O–H groups in total. The van der Waals surface area contributed by atoms with Crippen molar-refractivity contribution >= 4 is 117 Å². The number of rotatable bonds is 9. The van der Waals surface area contributed by atoms with Crippen LogP contribution in [0, 0.1) is 56.7 Å². The van der Waals surface area contributed by atoms with Gasteiger partial charge in [0, 0.05) is 111 Å². The molecular formula is C81H80BrN15O8. The number of benzene rings is 5. The number of carbonyl (C=O) groups excluding carboxylic acids is 2. The second kappa shape index (κ2) is 37.5. The lowest BCUT2D eigenvalue weighted by molar-refractivity contribution is -0.143. The van der Waals surface area contributed by atoms with Gasteiger partial charge in [-0.25, -0.2) is 34.5 Å². The molecule has 5 aliphatic rings. The maximum absolute atomic E-state index is 12.0. The lowest BCUT2D eigenvalue weighted by Crippen LogP contribution is -2.45. The van der Waals surface area contributed by atoms with E-state index in [4.69, 9.17) is 36.2 Å². The maximum atomic E-state index is 12.0. The van der Waals surface area contributed by atoms with Crippen LogP contribution in [-0.4, -0.2) is 141 Å². The molecule has 0 saturated carbocycles. The number of anilines is 4. The third-order valence-electron chi connectivity index (χ3n) is 19.5. The van der Waals surface area contributed by atoms with Gasteiger partial charge in [0.25, 0.3) is 0 Å². The van der Waals surface area contributed by atoms with E-state index in [-0.39, 0.29) is 36.7 Å². The maximum Gasteiger partial charge on any atom is 0.328 e. The molecule has 5 aromatic heterocycles. The van der Waals surface area contributed by atoms with Crippen LogP contribution in [0.5, 0.6) is 0 Å². The summed E-state index contributed by atoms with van der Waals surface area (Å²) < 4.78 is 5.94. The molecule has 5 fully saturated rings. The Morgan fingerprint density at radius 2 is 0.829 bits per heavy atom. The number of carboxylic acids is 2. The molecule has 15 rings (SSSR count). The van der Waals surface area contributed by atoms with Gasteiger partial charge < -0.3 is 49.8 Å². The van der Waals surface area contributed by atoms with Crippen LogP contribution in [-0.2, 0) is 23.9 Å². The molecule has 105 heavy (non-hydrogen) atoms. The zero-order chi connectivity index (χ0) is 74.2. The number of nitrogens with one attached hydrogen (secondary N) is 1. The molecule has 5 atom stereocenters. The Bertz CT molecular complexity index is 4980. The number of hydrogen-bond donors (Lipinski definition) is 4. The Morgan fingerprint density at radius 1 is 0.467 bits per heavy atom. The minimum absolute atomic E-state index is 0.0292. The number of aromatic nitrogens is 5. The van der Waals surface area contributed by atoms with Crippen molar-refractivity contribution in [2.75, 3.05) is 66.0 Å². The van der Waals surface area contributed by atoms with Crippen molar-refractivity contribution in [2.45, 2.75) is 127 Å². The van der Waals surface area contributed by atoms with E-state index in [0.717, 1.165) is 204 Å². The lowest BCUT2D eigenvalue weighted by atomic mass is 10.00. The Kier molecular flexibility index (Phi) is 27.1. The summed E-state index contributed by atoms with van der Waals surface area (Å²) in [6.07, 6.45) is 24.2. The molecule has 0 amide bonds. The molecular weight excluding hydrogens is 1390 g/mol. The Labute approximate surface area is 617 Å². The molecule has 0 bridgehead atoms. The van der Waals surface area contributed by atoms with E-state index in [1.807, 2.05) is 120 Å². The molecule has 0 aliphatic carbocycles. The number of methoxy groups -OCH3 is 1. The molecule has 10 aromatic rings. The zero-order valence-corrected chi connectivity index (χ0v) is 59.9. The van der Waals surface area contributed by atoms with E-state index in [9.17, 15) is 29.4 Å². The highest BCUT2D eigenvalue weighted by atomic mass is 79.9. The Balaban J connectivity index is 0.000000137. The molecule has 0 radical (unpaired) electrons. The predicted molar refractivity (Wildman–Crippen MR) is 406 cm³/mol. The SMILES string of the molecule is COC(=O)[C@H]1CCCCN1c1ccc2c(C#N)nccc2c1.N#Cc1nccc2cc(Br)ccc12.N#Cc1nccc2cc(N3CCCC[C@@H]3C(=O)O)ccc12.N#Cc1nccc2cc(N3CCCC[C@@H]3C=O)ccc12.N#Cc1nccc2cc(N3CCCC[C@@H]3CO)ccc12.O=C(O)[C@H]1CCCCN1. The van der Waals surface area contributed by atoms with Gasteiger partial charge in [-0.1, -0.05) is 28.4 Å². The van der Waals surface area contributed by atoms with Gasteiger partial charge in [0.1, 0.15) is 83.2 Å². The number of nitriles is 5. The molecule has 0 spiro atoms. The highest BCUT2D eigenvalue weighted by molar-refractivity contribution is 9.10. The number of aliphatic hydroxyl groups is 1. The second-order valence-electron chi connectivity index (χ2n) is 25.9. The first kappa shape index (κ1) is 75.9. The van der Waals surface area contributed by atoms with E-state index in [0.29, 0.717) is 34.9 Å². The Hall–Kier alpha value is -11.7. The lowest BCUT2D eigenvalue weighted by Gasteiger charge is -2.36. The van der Waals surface area contributed by atoms with Crippen molar-refractivity contribution in [2.24, 2.45) is 0 Å². The summed E-state index contributed by atoms with van der Waals surface area (Å²) >= 11 is 3.38. The summed E-state index contributed by atoms with van der Waals surface area (Å²) in [6, 6.07) is 48.5. The number of ether oxygens (including phenoxy) is 1. The normalized spacial score (nSPS) is 18.2. The number of carboxylic acid groups (broad SMARTS) is 2. The number of piperidine rings is 5. The van der Waals surface area contributed by atoms with Crippen LogP contribution in [0.2, 0.25) is 0 Å². The van der Waals surface area contributed by atoms with Gasteiger partial charge in [-0.3, -0.25) is 4.79 Å². The van der Waals surface area contributed by atoms with E-state index >= 15 is 0 Å². The van der Waals surface area contributed by atoms with Gasteiger partial charge in [-0.2, -0.15) is 26.3 Å². The molecule has 10 heterocycles. The highest BCUT2D eigenvalue weighted by Crippen LogP contribution is 2.34. The fraction of sp³-hybridized carbons (Fsp3) is 0.333. The number of hydrogen-bond acceptors (Lipinski definition) is 21. The van der Waals surface area contributed by atoms with E-state index in [2.05, 4.69) is 97.3 Å². The van der Waals surface area contributed by atoms with Crippen molar-refractivity contribution in [1.29, 1.82) is 26.3 Å². The zero-order valence-electron chi connectivity index (χ0n) is 58.3. The van der Waals surface area contributed by atoms with Crippen molar-refractivity contribution < 1.29 is 39.2 Å². The van der Waals surface area contributed by atoms with Crippen LogP contribution in [0.15, 0.2) is 157 Å². The third-order valence-corrected chi connectivity index (χ3v) is 20.0. The van der Waals surface area contributed by atoms with Crippen molar-refractivity contribution in [3.8, 4) is 30.3 Å². The summed E-state index contributed by atoms with van der Waals surface area (Å²) in [5, 5.41) is 84.6. The summed E-state index contributed by atoms with van der Waals surface area (Å²) in [5.74, 6) is -1.68. The molecule has 5 saturated heterocycles. The first-order chi connectivity index (χ1) is 51.2. The topological polar surface area (TPSA) is 347 Å². The van der Waals surface area contributed by atoms with Crippen LogP contribution in [0.3, 0.4) is 0 Å². The summed E-state index contributed by atoms with van der Waals surface area (Å²) in [5.41, 5.74) is 6.24. The number of aliphatic hydroxyl groups excluding tert-OH is 1. The fourth-order valence-electron chi connectivity index (χ4n) is 14.1. The minimum atomic E-state index is -0.776. The quantitative estimate of drug-likeness (QED) is 0.0770. The van der Waals surface area contributed by atoms with Gasteiger partial charge in [-0.15, -0.1) is 0 Å².